The Morgan fingerprint density at radius 2 is 2.12 bits per heavy atom. The zero-order valence-electron chi connectivity index (χ0n) is 8.73. The summed E-state index contributed by atoms with van der Waals surface area (Å²) in [5.41, 5.74) is 0.827. The molecule has 2 aromatic rings. The number of rotatable bonds is 3. The number of fused-ring (bicyclic) bond motifs is 1. The second kappa shape index (κ2) is 4.17. The summed E-state index contributed by atoms with van der Waals surface area (Å²) in [5.74, 6) is -1.57. The maximum atomic E-state index is 11.5. The molecule has 88 valence electrons. The molecule has 0 fully saturated rings. The number of hydrogen-bond acceptors (Lipinski definition) is 3. The molecule has 0 bridgehead atoms. The van der Waals surface area contributed by atoms with Gasteiger partial charge in [0, 0.05) is 10.9 Å². The Hall–Kier alpha value is -2.50. The normalized spacial score (nSPS) is 10.4. The molecule has 0 spiro atoms. The molecular weight excluding hydrogens is 224 g/mol. The van der Waals surface area contributed by atoms with E-state index in [9.17, 15) is 14.7 Å². The Labute approximate surface area is 95.9 Å². The number of aliphatic carboxylic acids is 1. The van der Waals surface area contributed by atoms with E-state index in [1.807, 2.05) is 0 Å². The van der Waals surface area contributed by atoms with Crippen LogP contribution in [0.2, 0.25) is 0 Å². The number of aromatic amines is 1. The van der Waals surface area contributed by atoms with Crippen molar-refractivity contribution in [3.63, 3.8) is 0 Å². The van der Waals surface area contributed by atoms with E-state index in [0.717, 1.165) is 0 Å². The first-order valence-corrected chi connectivity index (χ1v) is 4.88. The van der Waals surface area contributed by atoms with Crippen molar-refractivity contribution in [3.8, 4) is 5.75 Å². The molecule has 0 saturated heterocycles. The minimum Gasteiger partial charge on any atom is -0.507 e. The molecule has 0 saturated carbocycles. The summed E-state index contributed by atoms with van der Waals surface area (Å²) in [6, 6.07) is 6.34. The molecule has 0 aliphatic carbocycles. The Kier molecular flexibility index (Phi) is 2.70. The van der Waals surface area contributed by atoms with E-state index >= 15 is 0 Å². The molecule has 0 aliphatic heterocycles. The average molecular weight is 234 g/mol. The second-order valence-corrected chi connectivity index (χ2v) is 3.50. The van der Waals surface area contributed by atoms with Crippen molar-refractivity contribution < 1.29 is 19.8 Å². The van der Waals surface area contributed by atoms with Crippen LogP contribution in [-0.4, -0.2) is 33.6 Å². The fourth-order valence-electron chi connectivity index (χ4n) is 1.51. The van der Waals surface area contributed by atoms with Gasteiger partial charge in [-0.15, -0.1) is 0 Å². The molecule has 0 atom stereocenters. The number of carboxylic acid groups (broad SMARTS) is 1. The van der Waals surface area contributed by atoms with Gasteiger partial charge in [0.1, 0.15) is 18.0 Å². The van der Waals surface area contributed by atoms with Crippen molar-refractivity contribution in [2.45, 2.75) is 0 Å². The number of amides is 1. The van der Waals surface area contributed by atoms with E-state index in [2.05, 4.69) is 10.3 Å². The number of phenolic OH excluding ortho intramolecular Hbond substituents is 1. The highest BCUT2D eigenvalue weighted by Crippen LogP contribution is 2.24. The molecule has 0 aliphatic rings. The summed E-state index contributed by atoms with van der Waals surface area (Å²) in [6.07, 6.45) is 0. The molecule has 4 N–H and O–H groups in total. The number of benzene rings is 1. The summed E-state index contributed by atoms with van der Waals surface area (Å²) >= 11 is 0. The largest absolute Gasteiger partial charge is 0.507 e. The zero-order valence-corrected chi connectivity index (χ0v) is 8.73. The van der Waals surface area contributed by atoms with Gasteiger partial charge in [-0.3, -0.25) is 9.59 Å². The van der Waals surface area contributed by atoms with Gasteiger partial charge in [0.2, 0.25) is 0 Å². The lowest BCUT2D eigenvalue weighted by atomic mass is 10.2. The zero-order chi connectivity index (χ0) is 12.4. The highest BCUT2D eigenvalue weighted by Gasteiger charge is 2.11. The minimum atomic E-state index is -1.11. The lowest BCUT2D eigenvalue weighted by molar-refractivity contribution is -0.135. The second-order valence-electron chi connectivity index (χ2n) is 3.50. The van der Waals surface area contributed by atoms with Gasteiger partial charge in [-0.1, -0.05) is 6.07 Å². The number of carbonyl (C=O) groups excluding carboxylic acids is 1. The minimum absolute atomic E-state index is 0.0658. The third-order valence-electron chi connectivity index (χ3n) is 2.29. The predicted octanol–water partition coefficient (Wildman–Crippen LogP) is 0.688. The maximum absolute atomic E-state index is 11.5. The van der Waals surface area contributed by atoms with E-state index < -0.39 is 18.4 Å². The summed E-state index contributed by atoms with van der Waals surface area (Å²) in [4.78, 5) is 24.6. The van der Waals surface area contributed by atoms with Gasteiger partial charge < -0.3 is 20.5 Å². The molecule has 0 radical (unpaired) electrons. The summed E-state index contributed by atoms with van der Waals surface area (Å²) < 4.78 is 0. The average Bonchev–Trinajstić information content (AvgIpc) is 2.71. The van der Waals surface area contributed by atoms with Crippen LogP contribution in [0.5, 0.6) is 5.75 Å². The van der Waals surface area contributed by atoms with Crippen LogP contribution in [-0.2, 0) is 4.79 Å². The fourth-order valence-corrected chi connectivity index (χ4v) is 1.51. The molecule has 1 amide bonds. The molecule has 1 heterocycles. The highest BCUT2D eigenvalue weighted by atomic mass is 16.4. The number of hydrogen-bond donors (Lipinski definition) is 4. The van der Waals surface area contributed by atoms with Crippen molar-refractivity contribution in [1.29, 1.82) is 0 Å². The number of carboxylic acids is 1. The Bertz CT molecular complexity index is 588. The number of phenols is 1. The smallest absolute Gasteiger partial charge is 0.322 e. The fraction of sp³-hybridized carbons (Fsp3) is 0.0909. The van der Waals surface area contributed by atoms with Crippen LogP contribution < -0.4 is 5.32 Å². The van der Waals surface area contributed by atoms with Crippen LogP contribution in [0.1, 0.15) is 10.5 Å². The van der Waals surface area contributed by atoms with Crippen LogP contribution in [0.15, 0.2) is 24.3 Å². The first-order chi connectivity index (χ1) is 8.08. The van der Waals surface area contributed by atoms with Gasteiger partial charge in [0.25, 0.3) is 5.91 Å². The van der Waals surface area contributed by atoms with Crippen LogP contribution >= 0.6 is 0 Å². The van der Waals surface area contributed by atoms with E-state index in [4.69, 9.17) is 5.11 Å². The standard InChI is InChI=1S/C11H10N2O4/c14-9-3-1-2-7-6(9)4-8(13-7)11(17)12-5-10(15)16/h1-4,13-14H,5H2,(H,12,17)(H,15,16). The Morgan fingerprint density at radius 1 is 1.35 bits per heavy atom. The van der Waals surface area contributed by atoms with Crippen LogP contribution in [0.4, 0.5) is 0 Å². The van der Waals surface area contributed by atoms with Gasteiger partial charge in [0.05, 0.1) is 0 Å². The molecule has 2 rings (SSSR count). The SMILES string of the molecule is O=C(O)CNC(=O)c1cc2c(O)cccc2[nH]1. The first-order valence-electron chi connectivity index (χ1n) is 4.88. The topological polar surface area (TPSA) is 102 Å². The third kappa shape index (κ3) is 2.20. The number of aromatic nitrogens is 1. The number of aromatic hydroxyl groups is 1. The molecular formula is C11H10N2O4. The van der Waals surface area contributed by atoms with Crippen LogP contribution in [0.3, 0.4) is 0 Å². The van der Waals surface area contributed by atoms with Crippen molar-refractivity contribution in [2.24, 2.45) is 0 Å². The van der Waals surface area contributed by atoms with E-state index in [1.54, 1.807) is 12.1 Å². The number of nitrogens with one attached hydrogen (secondary N) is 2. The third-order valence-corrected chi connectivity index (χ3v) is 2.29. The summed E-state index contributed by atoms with van der Waals surface area (Å²) in [5, 5.41) is 20.7. The van der Waals surface area contributed by atoms with Gasteiger partial charge in [-0.2, -0.15) is 0 Å². The highest BCUT2D eigenvalue weighted by molar-refractivity contribution is 6.00. The van der Waals surface area contributed by atoms with E-state index in [0.29, 0.717) is 10.9 Å². The number of H-pyrrole nitrogens is 1. The lowest BCUT2D eigenvalue weighted by Gasteiger charge is -1.98. The molecule has 0 unspecified atom stereocenters. The Balaban J connectivity index is 2.27. The van der Waals surface area contributed by atoms with Crippen LogP contribution in [0.25, 0.3) is 10.9 Å². The predicted molar refractivity (Wildman–Crippen MR) is 59.9 cm³/mol. The van der Waals surface area contributed by atoms with E-state index in [1.165, 1.54) is 12.1 Å². The molecule has 17 heavy (non-hydrogen) atoms. The number of carbonyl (C=O) groups is 2. The van der Waals surface area contributed by atoms with Crippen molar-refractivity contribution in [3.05, 3.63) is 30.0 Å². The monoisotopic (exact) mass is 234 g/mol. The van der Waals surface area contributed by atoms with Crippen molar-refractivity contribution >= 4 is 22.8 Å². The lowest BCUT2D eigenvalue weighted by Crippen LogP contribution is -2.29. The molecule has 6 nitrogen and oxygen atoms in total. The maximum Gasteiger partial charge on any atom is 0.322 e. The van der Waals surface area contributed by atoms with Crippen molar-refractivity contribution in [2.75, 3.05) is 6.54 Å². The Morgan fingerprint density at radius 3 is 2.76 bits per heavy atom. The molecule has 1 aromatic carbocycles. The van der Waals surface area contributed by atoms with Gasteiger partial charge >= 0.3 is 5.97 Å². The molecule has 6 heteroatoms. The quantitative estimate of drug-likeness (QED) is 0.627. The van der Waals surface area contributed by atoms with Gasteiger partial charge in [-0.05, 0) is 18.2 Å². The summed E-state index contributed by atoms with van der Waals surface area (Å²) in [7, 11) is 0. The summed E-state index contributed by atoms with van der Waals surface area (Å²) in [6.45, 7) is -0.444. The molecule has 1 aromatic heterocycles. The van der Waals surface area contributed by atoms with Crippen LogP contribution in [0, 0.1) is 0 Å². The first kappa shape index (κ1) is 11.0. The van der Waals surface area contributed by atoms with Gasteiger partial charge in [-0.25, -0.2) is 0 Å². The van der Waals surface area contributed by atoms with Crippen molar-refractivity contribution in [1.82, 2.24) is 10.3 Å². The van der Waals surface area contributed by atoms with E-state index in [-0.39, 0.29) is 11.4 Å². The van der Waals surface area contributed by atoms with Gasteiger partial charge in [0.15, 0.2) is 0 Å².